The molecule has 5 heteroatoms. The van der Waals surface area contributed by atoms with Crippen LogP contribution in [-0.4, -0.2) is 36.8 Å². The van der Waals surface area contributed by atoms with Gasteiger partial charge in [0, 0.05) is 30.6 Å². The molecule has 1 saturated carbocycles. The summed E-state index contributed by atoms with van der Waals surface area (Å²) < 4.78 is 5.62. The third-order valence-corrected chi connectivity index (χ3v) is 5.53. The van der Waals surface area contributed by atoms with Crippen LogP contribution in [0, 0.1) is 5.92 Å². The smallest absolute Gasteiger partial charge is 0.0926 e. The fourth-order valence-corrected chi connectivity index (χ4v) is 4.16. The normalized spacial score (nSPS) is 30.8. The molecule has 0 amide bonds. The fourth-order valence-electron chi connectivity index (χ4n) is 3.41. The summed E-state index contributed by atoms with van der Waals surface area (Å²) in [4.78, 5) is 4.64. The molecule has 0 bridgehead atoms. The molecule has 3 rings (SSSR count). The highest BCUT2D eigenvalue weighted by molar-refractivity contribution is 7.09. The number of ether oxygens (including phenoxy) is 1. The molecule has 112 valence electrons. The minimum atomic E-state index is 0.533. The number of thiazole rings is 1. The van der Waals surface area contributed by atoms with E-state index in [0.29, 0.717) is 18.0 Å². The number of nitrogens with zero attached hydrogens (tertiary/aromatic N) is 1. The van der Waals surface area contributed by atoms with Crippen molar-refractivity contribution in [1.82, 2.24) is 15.6 Å². The van der Waals surface area contributed by atoms with Crippen molar-refractivity contribution in [2.24, 2.45) is 5.92 Å². The first-order valence-corrected chi connectivity index (χ1v) is 8.72. The first-order chi connectivity index (χ1) is 9.86. The Balaban J connectivity index is 1.52. The van der Waals surface area contributed by atoms with Crippen molar-refractivity contribution < 1.29 is 4.74 Å². The van der Waals surface area contributed by atoms with Gasteiger partial charge in [-0.2, -0.15) is 0 Å². The Morgan fingerprint density at radius 2 is 2.45 bits per heavy atom. The molecule has 0 aromatic carbocycles. The summed E-state index contributed by atoms with van der Waals surface area (Å²) in [5, 5.41) is 10.8. The lowest BCUT2D eigenvalue weighted by Gasteiger charge is -2.32. The third-order valence-electron chi connectivity index (χ3n) is 4.48. The van der Waals surface area contributed by atoms with Crippen LogP contribution in [0.1, 0.15) is 36.9 Å². The Bertz CT molecular complexity index is 417. The number of hydrogen-bond acceptors (Lipinski definition) is 5. The van der Waals surface area contributed by atoms with Crippen molar-refractivity contribution in [2.75, 3.05) is 19.8 Å². The molecule has 2 fully saturated rings. The molecule has 0 radical (unpaired) electrons. The van der Waals surface area contributed by atoms with Crippen LogP contribution < -0.4 is 10.6 Å². The van der Waals surface area contributed by atoms with Crippen LogP contribution in [-0.2, 0) is 17.7 Å². The maximum atomic E-state index is 5.62. The van der Waals surface area contributed by atoms with E-state index in [4.69, 9.17) is 4.74 Å². The number of morpholine rings is 1. The van der Waals surface area contributed by atoms with E-state index in [0.717, 1.165) is 32.7 Å². The zero-order valence-corrected chi connectivity index (χ0v) is 13.0. The minimum absolute atomic E-state index is 0.533. The standard InChI is InChI=1S/C15H25N3OS/c1-2-15-18-11(10-20-15)8-17-13-5-3-4-12(13)14-9-19-7-6-16-14/h10,12-14,16-17H,2-9H2,1H3. The van der Waals surface area contributed by atoms with Gasteiger partial charge in [-0.15, -0.1) is 11.3 Å². The second-order valence-electron chi connectivity index (χ2n) is 5.80. The molecule has 2 aliphatic rings. The van der Waals surface area contributed by atoms with Crippen LogP contribution in [0.5, 0.6) is 0 Å². The van der Waals surface area contributed by atoms with E-state index in [9.17, 15) is 0 Å². The molecular weight excluding hydrogens is 270 g/mol. The fraction of sp³-hybridized carbons (Fsp3) is 0.800. The number of rotatable bonds is 5. The van der Waals surface area contributed by atoms with Crippen LogP contribution in [0.4, 0.5) is 0 Å². The maximum Gasteiger partial charge on any atom is 0.0926 e. The van der Waals surface area contributed by atoms with Gasteiger partial charge in [0.25, 0.3) is 0 Å². The Labute approximate surface area is 125 Å². The first-order valence-electron chi connectivity index (χ1n) is 7.84. The number of aromatic nitrogens is 1. The molecule has 2 heterocycles. The van der Waals surface area contributed by atoms with Gasteiger partial charge in [-0.1, -0.05) is 13.3 Å². The van der Waals surface area contributed by atoms with Crippen molar-refractivity contribution in [3.63, 3.8) is 0 Å². The molecule has 1 aliphatic heterocycles. The summed E-state index contributed by atoms with van der Waals surface area (Å²) >= 11 is 1.78. The molecule has 3 atom stereocenters. The van der Waals surface area contributed by atoms with Crippen molar-refractivity contribution in [3.05, 3.63) is 16.1 Å². The molecule has 20 heavy (non-hydrogen) atoms. The van der Waals surface area contributed by atoms with Gasteiger partial charge in [-0.25, -0.2) is 4.98 Å². The van der Waals surface area contributed by atoms with Crippen LogP contribution >= 0.6 is 11.3 Å². The highest BCUT2D eigenvalue weighted by Crippen LogP contribution is 2.29. The van der Waals surface area contributed by atoms with Crippen LogP contribution in [0.25, 0.3) is 0 Å². The van der Waals surface area contributed by atoms with Gasteiger partial charge in [0.2, 0.25) is 0 Å². The van der Waals surface area contributed by atoms with Crippen molar-refractivity contribution >= 4 is 11.3 Å². The van der Waals surface area contributed by atoms with Crippen molar-refractivity contribution in [1.29, 1.82) is 0 Å². The maximum absolute atomic E-state index is 5.62. The van der Waals surface area contributed by atoms with E-state index < -0.39 is 0 Å². The summed E-state index contributed by atoms with van der Waals surface area (Å²) in [5.74, 6) is 0.708. The van der Waals surface area contributed by atoms with Crippen LogP contribution in [0.2, 0.25) is 0 Å². The average Bonchev–Trinajstić information content (AvgIpc) is 3.15. The van der Waals surface area contributed by atoms with Gasteiger partial charge < -0.3 is 15.4 Å². The molecular formula is C15H25N3OS. The Morgan fingerprint density at radius 1 is 1.50 bits per heavy atom. The molecule has 1 aromatic heterocycles. The van der Waals surface area contributed by atoms with E-state index in [1.165, 1.54) is 30.0 Å². The van der Waals surface area contributed by atoms with E-state index >= 15 is 0 Å². The zero-order valence-electron chi connectivity index (χ0n) is 12.2. The average molecular weight is 295 g/mol. The van der Waals surface area contributed by atoms with Gasteiger partial charge in [0.15, 0.2) is 0 Å². The summed E-state index contributed by atoms with van der Waals surface area (Å²) in [6.45, 7) is 5.81. The predicted molar refractivity (Wildman–Crippen MR) is 82.1 cm³/mol. The number of nitrogens with one attached hydrogen (secondary N) is 2. The van der Waals surface area contributed by atoms with Crippen LogP contribution in [0.15, 0.2) is 5.38 Å². The summed E-state index contributed by atoms with van der Waals surface area (Å²) in [6.07, 6.45) is 4.97. The van der Waals surface area contributed by atoms with Gasteiger partial charge in [0.1, 0.15) is 0 Å². The lowest BCUT2D eigenvalue weighted by molar-refractivity contribution is 0.0524. The zero-order chi connectivity index (χ0) is 13.8. The summed E-state index contributed by atoms with van der Waals surface area (Å²) in [5.41, 5.74) is 1.20. The quantitative estimate of drug-likeness (QED) is 0.871. The first kappa shape index (κ1) is 14.4. The molecule has 2 N–H and O–H groups in total. The van der Waals surface area contributed by atoms with Gasteiger partial charge >= 0.3 is 0 Å². The highest BCUT2D eigenvalue weighted by Gasteiger charge is 2.34. The SMILES string of the molecule is CCc1nc(CNC2CCCC2C2COCCN2)cs1. The molecule has 4 nitrogen and oxygen atoms in total. The Morgan fingerprint density at radius 3 is 3.20 bits per heavy atom. The van der Waals surface area contributed by atoms with Gasteiger partial charge in [-0.05, 0) is 25.2 Å². The molecule has 1 aromatic rings. The molecule has 0 spiro atoms. The van der Waals surface area contributed by atoms with Gasteiger partial charge in [-0.3, -0.25) is 0 Å². The molecule has 1 saturated heterocycles. The van der Waals surface area contributed by atoms with Crippen molar-refractivity contribution in [2.45, 2.75) is 51.2 Å². The van der Waals surface area contributed by atoms with E-state index in [1.807, 2.05) is 0 Å². The van der Waals surface area contributed by atoms with Crippen LogP contribution in [0.3, 0.4) is 0 Å². The number of aryl methyl sites for hydroxylation is 1. The second-order valence-corrected chi connectivity index (χ2v) is 6.75. The summed E-state index contributed by atoms with van der Waals surface area (Å²) in [6, 6.07) is 1.14. The number of hydrogen-bond donors (Lipinski definition) is 2. The Kier molecular flexibility index (Phi) is 5.04. The second kappa shape index (κ2) is 6.98. The predicted octanol–water partition coefficient (Wildman–Crippen LogP) is 1.95. The van der Waals surface area contributed by atoms with E-state index in [1.54, 1.807) is 11.3 Å². The molecule has 1 aliphatic carbocycles. The monoisotopic (exact) mass is 295 g/mol. The minimum Gasteiger partial charge on any atom is -0.379 e. The van der Waals surface area contributed by atoms with E-state index in [2.05, 4.69) is 27.9 Å². The third kappa shape index (κ3) is 3.39. The largest absolute Gasteiger partial charge is 0.379 e. The highest BCUT2D eigenvalue weighted by atomic mass is 32.1. The van der Waals surface area contributed by atoms with Crippen molar-refractivity contribution in [3.8, 4) is 0 Å². The lowest BCUT2D eigenvalue weighted by Crippen LogP contribution is -2.50. The topological polar surface area (TPSA) is 46.2 Å². The van der Waals surface area contributed by atoms with Gasteiger partial charge in [0.05, 0.1) is 23.9 Å². The van der Waals surface area contributed by atoms with E-state index in [-0.39, 0.29) is 0 Å². The molecule has 3 unspecified atom stereocenters. The Hall–Kier alpha value is -0.490. The summed E-state index contributed by atoms with van der Waals surface area (Å²) in [7, 11) is 0. The lowest BCUT2D eigenvalue weighted by atomic mass is 9.94.